The number of amides is 2. The maximum Gasteiger partial charge on any atom is 0.416 e. The average Bonchev–Trinajstić information content (AvgIpc) is 3.25. The molecule has 164 valence electrons. The molecular formula is C20H21F2N5O4. The molecule has 1 aromatic heterocycles. The maximum atomic E-state index is 13.4. The van der Waals surface area contributed by atoms with E-state index in [9.17, 15) is 18.4 Å². The van der Waals surface area contributed by atoms with E-state index in [-0.39, 0.29) is 18.0 Å². The number of nitrogens with zero attached hydrogens (tertiary/aromatic N) is 3. The second kappa shape index (κ2) is 6.82. The smallest absolute Gasteiger partial charge is 0.416 e. The van der Waals surface area contributed by atoms with Gasteiger partial charge >= 0.3 is 6.09 Å². The molecule has 5 rings (SSSR count). The molecule has 3 heterocycles. The normalized spacial score (nSPS) is 21.7. The Morgan fingerprint density at radius 3 is 2.81 bits per heavy atom. The fourth-order valence-electron chi connectivity index (χ4n) is 3.97. The van der Waals surface area contributed by atoms with Gasteiger partial charge in [-0.25, -0.2) is 23.5 Å². The quantitative estimate of drug-likeness (QED) is 0.749. The van der Waals surface area contributed by atoms with Gasteiger partial charge in [0.2, 0.25) is 5.91 Å². The van der Waals surface area contributed by atoms with E-state index < -0.39 is 30.5 Å². The molecule has 0 unspecified atom stereocenters. The van der Waals surface area contributed by atoms with Crippen LogP contribution in [-0.2, 0) is 15.1 Å². The molecular weight excluding hydrogens is 412 g/mol. The number of aromatic nitrogens is 2. The largest absolute Gasteiger partial charge is 0.490 e. The van der Waals surface area contributed by atoms with Crippen molar-refractivity contribution < 1.29 is 27.8 Å². The summed E-state index contributed by atoms with van der Waals surface area (Å²) < 4.78 is 39.7. The Bertz CT molecular complexity index is 1070. The van der Waals surface area contributed by atoms with Gasteiger partial charge < -0.3 is 25.1 Å². The first kappa shape index (κ1) is 19.6. The van der Waals surface area contributed by atoms with Crippen molar-refractivity contribution in [3.05, 3.63) is 24.4 Å². The maximum absolute atomic E-state index is 13.4. The van der Waals surface area contributed by atoms with Gasteiger partial charge in [-0.05, 0) is 31.9 Å². The highest BCUT2D eigenvalue weighted by Gasteiger charge is 2.50. The molecule has 2 amide bonds. The summed E-state index contributed by atoms with van der Waals surface area (Å²) in [5.41, 5.74) is 6.29. The number of primary amides is 1. The number of anilines is 2. The summed E-state index contributed by atoms with van der Waals surface area (Å²) in [6.45, 7) is 1.65. The fraction of sp³-hybridized carbons (Fsp3) is 0.450. The summed E-state index contributed by atoms with van der Waals surface area (Å²) >= 11 is 0. The molecule has 1 saturated heterocycles. The van der Waals surface area contributed by atoms with Crippen molar-refractivity contribution in [2.24, 2.45) is 5.73 Å². The summed E-state index contributed by atoms with van der Waals surface area (Å²) in [7, 11) is 0. The second-order valence-corrected chi connectivity index (χ2v) is 8.13. The number of alkyl halides is 2. The summed E-state index contributed by atoms with van der Waals surface area (Å²) in [4.78, 5) is 29.0. The zero-order chi connectivity index (χ0) is 21.9. The molecule has 0 radical (unpaired) electrons. The van der Waals surface area contributed by atoms with Crippen LogP contribution in [0.1, 0.15) is 19.8 Å². The van der Waals surface area contributed by atoms with E-state index in [0.717, 1.165) is 17.7 Å². The third-order valence-corrected chi connectivity index (χ3v) is 6.00. The van der Waals surface area contributed by atoms with Gasteiger partial charge in [0.25, 0.3) is 6.43 Å². The monoisotopic (exact) mass is 433 g/mol. The molecule has 1 spiro atoms. The first-order chi connectivity index (χ1) is 14.8. The summed E-state index contributed by atoms with van der Waals surface area (Å²) in [5, 5.41) is 3.01. The van der Waals surface area contributed by atoms with Crippen molar-refractivity contribution in [2.45, 2.75) is 43.8 Å². The van der Waals surface area contributed by atoms with Crippen molar-refractivity contribution in [1.82, 2.24) is 9.55 Å². The Kier molecular flexibility index (Phi) is 4.31. The lowest BCUT2D eigenvalue weighted by atomic mass is 10.1. The van der Waals surface area contributed by atoms with Crippen molar-refractivity contribution >= 4 is 23.5 Å². The minimum atomic E-state index is -2.75. The van der Waals surface area contributed by atoms with Crippen LogP contribution in [0.4, 0.5) is 25.1 Å². The summed E-state index contributed by atoms with van der Waals surface area (Å²) in [6.07, 6.45) is -0.268. The SMILES string of the molecule is C[C@H](Nc1ccc2c(c1)OCC1(CC1)n1cc(N3C(=O)OC[C@H]3C(F)F)nc1-2)C(N)=O. The molecule has 2 aromatic rings. The molecule has 1 aliphatic carbocycles. The minimum absolute atomic E-state index is 0.131. The van der Waals surface area contributed by atoms with Crippen LogP contribution in [0.3, 0.4) is 0 Å². The molecule has 2 aliphatic heterocycles. The molecule has 1 saturated carbocycles. The Hall–Kier alpha value is -3.37. The molecule has 3 aliphatic rings. The number of hydrogen-bond donors (Lipinski definition) is 2. The topological polar surface area (TPSA) is 112 Å². The van der Waals surface area contributed by atoms with Crippen LogP contribution in [0.15, 0.2) is 24.4 Å². The van der Waals surface area contributed by atoms with E-state index in [0.29, 0.717) is 29.4 Å². The molecule has 11 heteroatoms. The summed E-state index contributed by atoms with van der Waals surface area (Å²) in [5.74, 6) is 0.714. The molecule has 2 atom stereocenters. The number of halogens is 2. The van der Waals surface area contributed by atoms with Gasteiger partial charge in [-0.2, -0.15) is 0 Å². The van der Waals surface area contributed by atoms with Crippen LogP contribution in [0, 0.1) is 0 Å². The Morgan fingerprint density at radius 1 is 1.35 bits per heavy atom. The van der Waals surface area contributed by atoms with Crippen molar-refractivity contribution in [2.75, 3.05) is 23.4 Å². The number of carbonyl (C=O) groups is 2. The van der Waals surface area contributed by atoms with Gasteiger partial charge in [0.15, 0.2) is 5.82 Å². The van der Waals surface area contributed by atoms with Gasteiger partial charge in [-0.1, -0.05) is 0 Å². The average molecular weight is 433 g/mol. The molecule has 31 heavy (non-hydrogen) atoms. The van der Waals surface area contributed by atoms with E-state index in [1.54, 1.807) is 31.3 Å². The van der Waals surface area contributed by atoms with Crippen molar-refractivity contribution in [1.29, 1.82) is 0 Å². The number of fused-ring (bicyclic) bond motifs is 4. The van der Waals surface area contributed by atoms with Crippen LogP contribution >= 0.6 is 0 Å². The Morgan fingerprint density at radius 2 is 2.13 bits per heavy atom. The van der Waals surface area contributed by atoms with E-state index in [2.05, 4.69) is 10.3 Å². The number of nitrogens with one attached hydrogen (secondary N) is 1. The zero-order valence-corrected chi connectivity index (χ0v) is 16.7. The Balaban J connectivity index is 1.56. The van der Waals surface area contributed by atoms with E-state index in [1.807, 2.05) is 4.57 Å². The number of imidazole rings is 1. The Labute approximate surface area is 176 Å². The van der Waals surface area contributed by atoms with Crippen molar-refractivity contribution in [3.63, 3.8) is 0 Å². The van der Waals surface area contributed by atoms with Crippen LogP contribution in [0.2, 0.25) is 0 Å². The van der Waals surface area contributed by atoms with Crippen LogP contribution in [-0.4, -0.2) is 53.3 Å². The van der Waals surface area contributed by atoms with Gasteiger partial charge in [-0.15, -0.1) is 0 Å². The van der Waals surface area contributed by atoms with Gasteiger partial charge in [0.1, 0.15) is 36.9 Å². The predicted octanol–water partition coefficient (Wildman–Crippen LogP) is 2.31. The van der Waals surface area contributed by atoms with Crippen LogP contribution in [0.25, 0.3) is 11.4 Å². The van der Waals surface area contributed by atoms with E-state index in [4.69, 9.17) is 15.2 Å². The number of carbonyl (C=O) groups excluding carboxylic acids is 2. The number of cyclic esters (lactones) is 1. The minimum Gasteiger partial charge on any atom is -0.490 e. The summed E-state index contributed by atoms with van der Waals surface area (Å²) in [6, 6.07) is 3.35. The number of rotatable bonds is 5. The fourth-order valence-corrected chi connectivity index (χ4v) is 3.97. The van der Waals surface area contributed by atoms with E-state index >= 15 is 0 Å². The number of nitrogens with two attached hydrogens (primary N) is 1. The van der Waals surface area contributed by atoms with Gasteiger partial charge in [0.05, 0.1) is 11.1 Å². The molecule has 0 bridgehead atoms. The zero-order valence-electron chi connectivity index (χ0n) is 16.7. The molecule has 9 nitrogen and oxygen atoms in total. The van der Waals surface area contributed by atoms with Crippen LogP contribution in [0.5, 0.6) is 5.75 Å². The molecule has 3 N–H and O–H groups in total. The first-order valence-electron chi connectivity index (χ1n) is 9.96. The third-order valence-electron chi connectivity index (χ3n) is 6.00. The van der Waals surface area contributed by atoms with Crippen molar-refractivity contribution in [3.8, 4) is 17.1 Å². The highest BCUT2D eigenvalue weighted by molar-refractivity contribution is 5.90. The number of benzene rings is 1. The third kappa shape index (κ3) is 3.15. The van der Waals surface area contributed by atoms with Gasteiger partial charge in [0, 0.05) is 18.0 Å². The number of hydrogen-bond acceptors (Lipinski definition) is 6. The highest BCUT2D eigenvalue weighted by Crippen LogP contribution is 2.50. The lowest BCUT2D eigenvalue weighted by Crippen LogP contribution is -2.39. The van der Waals surface area contributed by atoms with E-state index in [1.165, 1.54) is 0 Å². The predicted molar refractivity (Wildman–Crippen MR) is 106 cm³/mol. The number of ether oxygens (including phenoxy) is 2. The second-order valence-electron chi connectivity index (χ2n) is 8.13. The molecule has 2 fully saturated rings. The lowest BCUT2D eigenvalue weighted by molar-refractivity contribution is -0.118. The highest BCUT2D eigenvalue weighted by atomic mass is 19.3. The van der Waals surface area contributed by atoms with Crippen LogP contribution < -0.4 is 20.7 Å². The van der Waals surface area contributed by atoms with Gasteiger partial charge in [-0.3, -0.25) is 4.79 Å². The standard InChI is InChI=1S/C20H21F2N5O4/c1-10(17(23)28)24-11-2-3-12-14(6-11)31-9-20(4-5-20)26-7-15(25-18(12)26)27-13(16(21)22)8-30-19(27)29/h2-3,6-7,10,13,16,24H,4-5,8-9H2,1H3,(H2,23,28)/t10-,13-/m0/s1. The first-order valence-corrected chi connectivity index (χ1v) is 9.96. The lowest BCUT2D eigenvalue weighted by Gasteiger charge is -2.19. The molecule has 1 aromatic carbocycles.